The molecule has 0 unspecified atom stereocenters. The highest BCUT2D eigenvalue weighted by molar-refractivity contribution is 7.13. The van der Waals surface area contributed by atoms with E-state index in [0.29, 0.717) is 11.5 Å². The molecular formula is C25H30N4O5S. The largest absolute Gasteiger partial charge is 0.391 e. The molecule has 3 N–H and O–H groups in total. The standard InChI is InChI=1S/C25H30N4O5S/c1-14(2)22(21-8-9-27-34-21)25(33)29-11-18(31)10-20(29)24(32)28-15(3)16-4-6-17(7-5-16)23-19(12-30)26-13-35-23/h4-9,13-15,18,20,22,30-31H,10-12H2,1-3H3,(H,28,32)/t15-,18+,20-,22+/m0/s1. The number of hydrogen-bond acceptors (Lipinski definition) is 8. The fraction of sp³-hybridized carbons (Fsp3) is 0.440. The average molecular weight is 499 g/mol. The number of likely N-dealkylation sites (tertiary alicyclic amines) is 1. The van der Waals surface area contributed by atoms with Gasteiger partial charge in [0, 0.05) is 19.0 Å². The molecular weight excluding hydrogens is 468 g/mol. The summed E-state index contributed by atoms with van der Waals surface area (Å²) in [6.07, 6.45) is 0.903. The van der Waals surface area contributed by atoms with Crippen molar-refractivity contribution in [2.24, 2.45) is 5.92 Å². The molecule has 0 aliphatic carbocycles. The van der Waals surface area contributed by atoms with Crippen LogP contribution in [0.3, 0.4) is 0 Å². The van der Waals surface area contributed by atoms with Gasteiger partial charge in [-0.15, -0.1) is 11.3 Å². The van der Waals surface area contributed by atoms with Crippen molar-refractivity contribution >= 4 is 23.2 Å². The highest BCUT2D eigenvalue weighted by atomic mass is 32.1. The summed E-state index contributed by atoms with van der Waals surface area (Å²) in [5.41, 5.74) is 4.18. The van der Waals surface area contributed by atoms with Crippen LogP contribution in [-0.4, -0.2) is 55.8 Å². The van der Waals surface area contributed by atoms with E-state index in [2.05, 4.69) is 15.5 Å². The van der Waals surface area contributed by atoms with Gasteiger partial charge >= 0.3 is 0 Å². The van der Waals surface area contributed by atoms with Crippen LogP contribution in [-0.2, 0) is 16.2 Å². The van der Waals surface area contributed by atoms with Gasteiger partial charge in [0.25, 0.3) is 0 Å². The van der Waals surface area contributed by atoms with Gasteiger partial charge in [-0.05, 0) is 24.0 Å². The monoisotopic (exact) mass is 498 g/mol. The van der Waals surface area contributed by atoms with Gasteiger partial charge < -0.3 is 25.0 Å². The summed E-state index contributed by atoms with van der Waals surface area (Å²) in [6, 6.07) is 8.30. The van der Waals surface area contributed by atoms with Crippen molar-refractivity contribution in [1.29, 1.82) is 0 Å². The number of aliphatic hydroxyl groups excluding tert-OH is 2. The number of aliphatic hydroxyl groups is 2. The number of carbonyl (C=O) groups is 2. The van der Waals surface area contributed by atoms with Crippen molar-refractivity contribution < 1.29 is 24.3 Å². The van der Waals surface area contributed by atoms with E-state index in [1.165, 1.54) is 22.4 Å². The molecule has 9 nitrogen and oxygen atoms in total. The molecule has 0 saturated carbocycles. The van der Waals surface area contributed by atoms with Gasteiger partial charge in [-0.1, -0.05) is 43.3 Å². The Morgan fingerprint density at radius 3 is 2.60 bits per heavy atom. The van der Waals surface area contributed by atoms with E-state index >= 15 is 0 Å². The fourth-order valence-corrected chi connectivity index (χ4v) is 5.35. The topological polar surface area (TPSA) is 129 Å². The second-order valence-electron chi connectivity index (χ2n) is 9.17. The molecule has 0 radical (unpaired) electrons. The van der Waals surface area contributed by atoms with Crippen LogP contribution in [0.4, 0.5) is 0 Å². The SMILES string of the molecule is CC(C)[C@@H](C(=O)N1C[C@H](O)C[C@H]1C(=O)N[C@@H](C)c1ccc(-c2scnc2CO)cc1)c1ccno1. The molecule has 2 aromatic heterocycles. The quantitative estimate of drug-likeness (QED) is 0.436. The Balaban J connectivity index is 1.46. The molecule has 1 saturated heterocycles. The summed E-state index contributed by atoms with van der Waals surface area (Å²) in [7, 11) is 0. The fourth-order valence-electron chi connectivity index (χ4n) is 4.54. The lowest BCUT2D eigenvalue weighted by Gasteiger charge is -2.29. The van der Waals surface area contributed by atoms with Crippen LogP contribution in [0.1, 0.15) is 56.2 Å². The molecule has 1 aromatic carbocycles. The van der Waals surface area contributed by atoms with E-state index in [9.17, 15) is 19.8 Å². The molecule has 10 heteroatoms. The second-order valence-corrected chi connectivity index (χ2v) is 10.0. The predicted molar refractivity (Wildman–Crippen MR) is 130 cm³/mol. The average Bonchev–Trinajstić information content (AvgIpc) is 3.60. The normalized spacial score (nSPS) is 19.7. The molecule has 3 aromatic rings. The van der Waals surface area contributed by atoms with Crippen molar-refractivity contribution in [3.8, 4) is 10.4 Å². The minimum atomic E-state index is -0.771. The van der Waals surface area contributed by atoms with Crippen LogP contribution in [0, 0.1) is 5.92 Å². The molecule has 2 amide bonds. The van der Waals surface area contributed by atoms with E-state index in [-0.39, 0.29) is 43.3 Å². The Bertz CT molecular complexity index is 1150. The number of nitrogens with zero attached hydrogens (tertiary/aromatic N) is 3. The maximum absolute atomic E-state index is 13.4. The van der Waals surface area contributed by atoms with E-state index in [1.807, 2.05) is 45.0 Å². The summed E-state index contributed by atoms with van der Waals surface area (Å²) in [4.78, 5) is 33.2. The summed E-state index contributed by atoms with van der Waals surface area (Å²) < 4.78 is 5.26. The lowest BCUT2D eigenvalue weighted by molar-refractivity contribution is -0.141. The zero-order valence-corrected chi connectivity index (χ0v) is 20.7. The Hall–Kier alpha value is -3.08. The van der Waals surface area contributed by atoms with Gasteiger partial charge in [0.2, 0.25) is 11.8 Å². The first kappa shape index (κ1) is 25.0. The maximum Gasteiger partial charge on any atom is 0.243 e. The van der Waals surface area contributed by atoms with Gasteiger partial charge in [0.15, 0.2) is 0 Å². The minimum Gasteiger partial charge on any atom is -0.391 e. The Morgan fingerprint density at radius 2 is 1.97 bits per heavy atom. The predicted octanol–water partition coefficient (Wildman–Crippen LogP) is 2.87. The zero-order valence-electron chi connectivity index (χ0n) is 19.9. The molecule has 1 aliphatic rings. The van der Waals surface area contributed by atoms with Gasteiger partial charge in [-0.3, -0.25) is 9.59 Å². The number of aromatic nitrogens is 2. The summed E-state index contributed by atoms with van der Waals surface area (Å²) >= 11 is 1.46. The van der Waals surface area contributed by atoms with E-state index < -0.39 is 18.1 Å². The van der Waals surface area contributed by atoms with E-state index in [1.54, 1.807) is 11.6 Å². The Kier molecular flexibility index (Phi) is 7.63. The number of benzene rings is 1. The van der Waals surface area contributed by atoms with Crippen molar-refractivity contribution in [2.75, 3.05) is 6.54 Å². The first-order valence-corrected chi connectivity index (χ1v) is 12.5. The van der Waals surface area contributed by atoms with Gasteiger partial charge in [0.1, 0.15) is 17.7 Å². The molecule has 35 heavy (non-hydrogen) atoms. The summed E-state index contributed by atoms with van der Waals surface area (Å²) in [6.45, 7) is 5.67. The molecule has 0 spiro atoms. The number of nitrogens with one attached hydrogen (secondary N) is 1. The van der Waals surface area contributed by atoms with E-state index in [4.69, 9.17) is 4.52 Å². The highest BCUT2D eigenvalue weighted by Gasteiger charge is 2.43. The van der Waals surface area contributed by atoms with Crippen molar-refractivity contribution in [2.45, 2.75) is 57.9 Å². The number of amides is 2. The lowest BCUT2D eigenvalue weighted by atomic mass is 9.91. The second kappa shape index (κ2) is 10.7. The molecule has 4 rings (SSSR count). The van der Waals surface area contributed by atoms with Crippen molar-refractivity contribution in [3.63, 3.8) is 0 Å². The van der Waals surface area contributed by atoms with Crippen molar-refractivity contribution in [3.05, 3.63) is 59.1 Å². The third kappa shape index (κ3) is 5.29. The van der Waals surface area contributed by atoms with Gasteiger partial charge in [0.05, 0.1) is 41.0 Å². The van der Waals surface area contributed by atoms with Gasteiger partial charge in [-0.2, -0.15) is 0 Å². The maximum atomic E-state index is 13.4. The number of thiazole rings is 1. The first-order chi connectivity index (χ1) is 16.8. The number of hydrogen-bond donors (Lipinski definition) is 3. The molecule has 0 bridgehead atoms. The van der Waals surface area contributed by atoms with Crippen LogP contribution in [0.25, 0.3) is 10.4 Å². The van der Waals surface area contributed by atoms with E-state index in [0.717, 1.165) is 16.0 Å². The molecule has 4 atom stereocenters. The number of carbonyl (C=O) groups excluding carboxylic acids is 2. The zero-order chi connectivity index (χ0) is 25.1. The first-order valence-electron chi connectivity index (χ1n) is 11.6. The smallest absolute Gasteiger partial charge is 0.243 e. The van der Waals surface area contributed by atoms with Crippen LogP contribution < -0.4 is 5.32 Å². The number of rotatable bonds is 8. The van der Waals surface area contributed by atoms with Crippen LogP contribution >= 0.6 is 11.3 Å². The Labute approximate surface area is 207 Å². The minimum absolute atomic E-state index is 0.0702. The third-order valence-electron chi connectivity index (χ3n) is 6.38. The van der Waals surface area contributed by atoms with Crippen LogP contribution in [0.5, 0.6) is 0 Å². The summed E-state index contributed by atoms with van der Waals surface area (Å²) in [5, 5.41) is 26.5. The van der Waals surface area contributed by atoms with Crippen molar-refractivity contribution in [1.82, 2.24) is 20.4 Å². The van der Waals surface area contributed by atoms with Crippen LogP contribution in [0.2, 0.25) is 0 Å². The third-order valence-corrected chi connectivity index (χ3v) is 7.30. The van der Waals surface area contributed by atoms with Crippen LogP contribution in [0.15, 0.2) is 46.6 Å². The number of β-amino-alcohol motifs (C(OH)–C–C–N with tert-alkyl or cyclic N) is 1. The van der Waals surface area contributed by atoms with Gasteiger partial charge in [-0.25, -0.2) is 4.98 Å². The Morgan fingerprint density at radius 1 is 1.23 bits per heavy atom. The molecule has 1 fully saturated rings. The highest BCUT2D eigenvalue weighted by Crippen LogP contribution is 2.31. The molecule has 1 aliphatic heterocycles. The summed E-state index contributed by atoms with van der Waals surface area (Å²) in [5.74, 6) is -0.770. The molecule has 186 valence electrons. The molecule has 3 heterocycles. The lowest BCUT2D eigenvalue weighted by Crippen LogP contribution is -2.48.